The summed E-state index contributed by atoms with van der Waals surface area (Å²) in [4.78, 5) is 2.31. The number of halogens is 2. The van der Waals surface area contributed by atoms with E-state index >= 15 is 0 Å². The molecule has 1 aromatic rings. The lowest BCUT2D eigenvalue weighted by Gasteiger charge is -2.23. The first-order valence-electron chi connectivity index (χ1n) is 7.13. The van der Waals surface area contributed by atoms with Gasteiger partial charge in [-0.05, 0) is 26.0 Å². The van der Waals surface area contributed by atoms with Gasteiger partial charge in [0.1, 0.15) is 0 Å². The molecule has 1 atom stereocenters. The number of rotatable bonds is 5. The number of hydrogen-bond acceptors (Lipinski definition) is 3. The topological polar surface area (TPSA) is 24.5 Å². The molecule has 112 valence electrons. The summed E-state index contributed by atoms with van der Waals surface area (Å²) in [5.41, 5.74) is 0.401. The standard InChI is InChI=1S/C15H22F2N2O/c1-18-14(12-4-2-5-13(16)15(12)17)6-8-19-7-3-10-20-11-9-19/h2,4-5,14,18H,3,6-11H2,1H3. The van der Waals surface area contributed by atoms with Crippen LogP contribution in [0, 0.1) is 11.6 Å². The Morgan fingerprint density at radius 3 is 2.95 bits per heavy atom. The van der Waals surface area contributed by atoms with Gasteiger partial charge in [0, 0.05) is 37.8 Å². The molecule has 1 aromatic carbocycles. The van der Waals surface area contributed by atoms with E-state index in [1.54, 1.807) is 19.2 Å². The molecule has 0 radical (unpaired) electrons. The van der Waals surface area contributed by atoms with Crippen molar-refractivity contribution >= 4 is 0 Å². The Morgan fingerprint density at radius 1 is 1.30 bits per heavy atom. The summed E-state index contributed by atoms with van der Waals surface area (Å²) in [6, 6.07) is 4.18. The Labute approximate surface area is 118 Å². The lowest BCUT2D eigenvalue weighted by atomic mass is 10.0. The van der Waals surface area contributed by atoms with Gasteiger partial charge in [-0.15, -0.1) is 0 Å². The van der Waals surface area contributed by atoms with Crippen molar-refractivity contribution in [2.24, 2.45) is 0 Å². The van der Waals surface area contributed by atoms with E-state index in [1.165, 1.54) is 0 Å². The zero-order chi connectivity index (χ0) is 14.4. The normalized spacial score (nSPS) is 18.8. The molecule has 2 rings (SSSR count). The highest BCUT2D eigenvalue weighted by Gasteiger charge is 2.18. The van der Waals surface area contributed by atoms with Gasteiger partial charge < -0.3 is 15.0 Å². The smallest absolute Gasteiger partial charge is 0.163 e. The summed E-state index contributed by atoms with van der Waals surface area (Å²) >= 11 is 0. The summed E-state index contributed by atoms with van der Waals surface area (Å²) in [7, 11) is 1.78. The second kappa shape index (κ2) is 7.67. The third-order valence-electron chi connectivity index (χ3n) is 3.75. The van der Waals surface area contributed by atoms with Crippen LogP contribution in [-0.4, -0.2) is 44.8 Å². The van der Waals surface area contributed by atoms with Crippen LogP contribution in [-0.2, 0) is 4.74 Å². The number of nitrogens with zero attached hydrogens (tertiary/aromatic N) is 1. The Balaban J connectivity index is 1.96. The van der Waals surface area contributed by atoms with E-state index in [9.17, 15) is 8.78 Å². The first-order valence-corrected chi connectivity index (χ1v) is 7.13. The largest absolute Gasteiger partial charge is 0.380 e. The van der Waals surface area contributed by atoms with E-state index in [0.717, 1.165) is 51.8 Å². The maximum atomic E-state index is 13.8. The van der Waals surface area contributed by atoms with Crippen molar-refractivity contribution in [2.45, 2.75) is 18.9 Å². The van der Waals surface area contributed by atoms with Gasteiger partial charge in [-0.3, -0.25) is 0 Å². The summed E-state index contributed by atoms with van der Waals surface area (Å²) < 4.78 is 32.5. The highest BCUT2D eigenvalue weighted by atomic mass is 19.2. The van der Waals surface area contributed by atoms with Crippen molar-refractivity contribution in [3.63, 3.8) is 0 Å². The Kier molecular flexibility index (Phi) is 5.88. The van der Waals surface area contributed by atoms with Crippen LogP contribution in [0.15, 0.2) is 18.2 Å². The van der Waals surface area contributed by atoms with E-state index in [4.69, 9.17) is 4.74 Å². The van der Waals surface area contributed by atoms with Crippen molar-refractivity contribution in [1.82, 2.24) is 10.2 Å². The van der Waals surface area contributed by atoms with E-state index in [2.05, 4.69) is 10.2 Å². The number of ether oxygens (including phenoxy) is 1. The van der Waals surface area contributed by atoms with Gasteiger partial charge in [-0.1, -0.05) is 12.1 Å². The molecule has 0 amide bonds. The maximum Gasteiger partial charge on any atom is 0.163 e. The van der Waals surface area contributed by atoms with Crippen LogP contribution in [0.3, 0.4) is 0 Å². The first-order chi connectivity index (χ1) is 9.72. The van der Waals surface area contributed by atoms with Crippen LogP contribution in [0.5, 0.6) is 0 Å². The monoisotopic (exact) mass is 284 g/mol. The second-order valence-corrected chi connectivity index (χ2v) is 5.08. The molecular weight excluding hydrogens is 262 g/mol. The lowest BCUT2D eigenvalue weighted by Crippen LogP contribution is -2.30. The predicted octanol–water partition coefficient (Wildman–Crippen LogP) is 2.34. The van der Waals surface area contributed by atoms with Crippen molar-refractivity contribution < 1.29 is 13.5 Å². The summed E-state index contributed by atoms with van der Waals surface area (Å²) in [6.07, 6.45) is 1.77. The Hall–Kier alpha value is -1.04. The van der Waals surface area contributed by atoms with Gasteiger partial charge in [-0.2, -0.15) is 0 Å². The fraction of sp³-hybridized carbons (Fsp3) is 0.600. The molecule has 1 N–H and O–H groups in total. The van der Waals surface area contributed by atoms with Crippen LogP contribution in [0.25, 0.3) is 0 Å². The number of benzene rings is 1. The number of hydrogen-bond donors (Lipinski definition) is 1. The second-order valence-electron chi connectivity index (χ2n) is 5.08. The van der Waals surface area contributed by atoms with Crippen LogP contribution < -0.4 is 5.32 Å². The molecule has 1 heterocycles. The number of nitrogens with one attached hydrogen (secondary N) is 1. The zero-order valence-corrected chi connectivity index (χ0v) is 11.9. The molecule has 0 bridgehead atoms. The average molecular weight is 284 g/mol. The molecule has 0 spiro atoms. The molecule has 1 aliphatic heterocycles. The minimum absolute atomic E-state index is 0.171. The minimum Gasteiger partial charge on any atom is -0.380 e. The van der Waals surface area contributed by atoms with Crippen molar-refractivity contribution in [2.75, 3.05) is 39.9 Å². The Bertz CT molecular complexity index is 420. The highest BCUT2D eigenvalue weighted by molar-refractivity contribution is 5.22. The van der Waals surface area contributed by atoms with E-state index < -0.39 is 11.6 Å². The first kappa shape index (κ1) is 15.4. The van der Waals surface area contributed by atoms with Crippen LogP contribution in [0.2, 0.25) is 0 Å². The lowest BCUT2D eigenvalue weighted by molar-refractivity contribution is 0.140. The third-order valence-corrected chi connectivity index (χ3v) is 3.75. The van der Waals surface area contributed by atoms with Crippen molar-refractivity contribution in [3.8, 4) is 0 Å². The summed E-state index contributed by atoms with van der Waals surface area (Å²) in [5, 5.41) is 3.08. The fourth-order valence-electron chi connectivity index (χ4n) is 2.58. The van der Waals surface area contributed by atoms with Crippen molar-refractivity contribution in [1.29, 1.82) is 0 Å². The molecule has 0 aromatic heterocycles. The zero-order valence-electron chi connectivity index (χ0n) is 11.9. The quantitative estimate of drug-likeness (QED) is 0.898. The van der Waals surface area contributed by atoms with Gasteiger partial charge in [0.2, 0.25) is 0 Å². The van der Waals surface area contributed by atoms with E-state index in [1.807, 2.05) is 0 Å². The van der Waals surface area contributed by atoms with Crippen LogP contribution in [0.1, 0.15) is 24.4 Å². The molecule has 0 saturated carbocycles. The van der Waals surface area contributed by atoms with E-state index in [0.29, 0.717) is 5.56 Å². The molecule has 1 unspecified atom stereocenters. The molecule has 20 heavy (non-hydrogen) atoms. The Morgan fingerprint density at radius 2 is 2.15 bits per heavy atom. The SMILES string of the molecule is CNC(CCN1CCCOCC1)c1cccc(F)c1F. The molecule has 1 aliphatic rings. The predicted molar refractivity (Wildman–Crippen MR) is 74.7 cm³/mol. The highest BCUT2D eigenvalue weighted by Crippen LogP contribution is 2.22. The third kappa shape index (κ3) is 3.98. The van der Waals surface area contributed by atoms with Gasteiger partial charge in [0.15, 0.2) is 11.6 Å². The molecule has 5 heteroatoms. The summed E-state index contributed by atoms with van der Waals surface area (Å²) in [5.74, 6) is -1.53. The van der Waals surface area contributed by atoms with Gasteiger partial charge >= 0.3 is 0 Å². The molecule has 3 nitrogen and oxygen atoms in total. The summed E-state index contributed by atoms with van der Waals surface area (Å²) in [6.45, 7) is 4.32. The average Bonchev–Trinajstić information content (AvgIpc) is 2.72. The van der Waals surface area contributed by atoms with Crippen LogP contribution in [0.4, 0.5) is 8.78 Å². The van der Waals surface area contributed by atoms with Crippen LogP contribution >= 0.6 is 0 Å². The van der Waals surface area contributed by atoms with Gasteiger partial charge in [0.25, 0.3) is 0 Å². The molecule has 1 fully saturated rings. The van der Waals surface area contributed by atoms with Crippen molar-refractivity contribution in [3.05, 3.63) is 35.4 Å². The molecule has 0 aliphatic carbocycles. The van der Waals surface area contributed by atoms with Gasteiger partial charge in [0.05, 0.1) is 6.61 Å². The maximum absolute atomic E-state index is 13.8. The minimum atomic E-state index is -0.786. The fourth-order valence-corrected chi connectivity index (χ4v) is 2.58. The molecular formula is C15H22F2N2O. The van der Waals surface area contributed by atoms with E-state index in [-0.39, 0.29) is 6.04 Å². The van der Waals surface area contributed by atoms with Gasteiger partial charge in [-0.25, -0.2) is 8.78 Å². The molecule has 1 saturated heterocycles.